The number of methoxy groups -OCH3 is 4. The molecule has 11 nitrogen and oxygen atoms in total. The van der Waals surface area contributed by atoms with Gasteiger partial charge in [-0.3, -0.25) is 13.9 Å². The number of rotatable bonds is 15. The summed E-state index contributed by atoms with van der Waals surface area (Å²) in [5.74, 6) is -0.107. The van der Waals surface area contributed by atoms with Gasteiger partial charge in [0.1, 0.15) is 24.1 Å². The molecule has 2 amide bonds. The van der Waals surface area contributed by atoms with Crippen LogP contribution >= 0.6 is 23.2 Å². The van der Waals surface area contributed by atoms with E-state index >= 15 is 0 Å². The molecule has 0 aliphatic rings. The van der Waals surface area contributed by atoms with Crippen molar-refractivity contribution in [1.29, 1.82) is 0 Å². The van der Waals surface area contributed by atoms with E-state index in [0.29, 0.717) is 28.5 Å². The van der Waals surface area contributed by atoms with Crippen molar-refractivity contribution in [3.63, 3.8) is 0 Å². The number of carbonyl (C=O) groups is 2. The van der Waals surface area contributed by atoms with Crippen molar-refractivity contribution in [2.24, 2.45) is 0 Å². The first kappa shape index (κ1) is 36.6. The van der Waals surface area contributed by atoms with Gasteiger partial charge in [-0.05, 0) is 62.2 Å². The minimum atomic E-state index is -4.48. The van der Waals surface area contributed by atoms with Crippen LogP contribution in [0.3, 0.4) is 0 Å². The first-order valence-electron chi connectivity index (χ1n) is 14.3. The van der Waals surface area contributed by atoms with Gasteiger partial charge in [-0.25, -0.2) is 8.42 Å². The van der Waals surface area contributed by atoms with E-state index < -0.39 is 34.4 Å². The zero-order valence-electron chi connectivity index (χ0n) is 26.8. The van der Waals surface area contributed by atoms with Crippen LogP contribution in [0.1, 0.15) is 32.8 Å². The Morgan fingerprint density at radius 3 is 2.07 bits per heavy atom. The van der Waals surface area contributed by atoms with Crippen LogP contribution in [0.4, 0.5) is 5.69 Å². The van der Waals surface area contributed by atoms with Gasteiger partial charge < -0.3 is 29.2 Å². The average molecular weight is 697 g/mol. The van der Waals surface area contributed by atoms with E-state index in [0.717, 1.165) is 4.31 Å². The highest BCUT2D eigenvalue weighted by molar-refractivity contribution is 7.92. The topological polar surface area (TPSA) is 124 Å². The molecule has 0 aliphatic carbocycles. The molecule has 0 saturated heterocycles. The Morgan fingerprint density at radius 1 is 0.826 bits per heavy atom. The van der Waals surface area contributed by atoms with Crippen molar-refractivity contribution >= 4 is 50.7 Å². The molecule has 3 rings (SSSR count). The Kier molecular flexibility index (Phi) is 12.8. The Balaban J connectivity index is 2.18. The first-order valence-corrected chi connectivity index (χ1v) is 16.5. The van der Waals surface area contributed by atoms with Gasteiger partial charge in [-0.15, -0.1) is 0 Å². The van der Waals surface area contributed by atoms with Crippen molar-refractivity contribution in [1.82, 2.24) is 10.2 Å². The van der Waals surface area contributed by atoms with Crippen LogP contribution in [0.5, 0.6) is 23.0 Å². The highest BCUT2D eigenvalue weighted by Gasteiger charge is 2.35. The van der Waals surface area contributed by atoms with E-state index in [-0.39, 0.29) is 39.7 Å². The molecule has 1 N–H and O–H groups in total. The average Bonchev–Trinajstić information content (AvgIpc) is 3.06. The van der Waals surface area contributed by atoms with E-state index in [1.807, 2.05) is 13.8 Å². The highest BCUT2D eigenvalue weighted by Crippen LogP contribution is 2.38. The number of anilines is 1. The van der Waals surface area contributed by atoms with Crippen molar-refractivity contribution < 1.29 is 37.0 Å². The summed E-state index contributed by atoms with van der Waals surface area (Å²) in [7, 11) is 1.15. The van der Waals surface area contributed by atoms with Gasteiger partial charge in [0.05, 0.1) is 49.1 Å². The number of hydrogen-bond acceptors (Lipinski definition) is 8. The van der Waals surface area contributed by atoms with Gasteiger partial charge in [0.2, 0.25) is 11.8 Å². The van der Waals surface area contributed by atoms with Crippen molar-refractivity contribution in [2.75, 3.05) is 39.3 Å². The molecule has 2 atom stereocenters. The Bertz CT molecular complexity index is 1650. The Labute approximate surface area is 280 Å². The number of amides is 2. The number of nitrogens with one attached hydrogen (secondary N) is 1. The van der Waals surface area contributed by atoms with Crippen LogP contribution in [0, 0.1) is 0 Å². The van der Waals surface area contributed by atoms with Crippen molar-refractivity contribution in [2.45, 2.75) is 50.7 Å². The second kappa shape index (κ2) is 16.1. The van der Waals surface area contributed by atoms with E-state index in [1.54, 1.807) is 31.2 Å². The Morgan fingerprint density at radius 2 is 1.48 bits per heavy atom. The smallest absolute Gasteiger partial charge is 0.265 e. The largest absolute Gasteiger partial charge is 0.497 e. The number of benzene rings is 3. The van der Waals surface area contributed by atoms with E-state index in [2.05, 4.69) is 5.32 Å². The second-order valence-electron chi connectivity index (χ2n) is 10.3. The predicted octanol–water partition coefficient (Wildman–Crippen LogP) is 5.56. The number of halogens is 2. The summed E-state index contributed by atoms with van der Waals surface area (Å²) < 4.78 is 51.3. The summed E-state index contributed by atoms with van der Waals surface area (Å²) in [5.41, 5.74) is 0.621. The molecule has 14 heteroatoms. The third-order valence-corrected chi connectivity index (χ3v) is 9.88. The lowest BCUT2D eigenvalue weighted by Crippen LogP contribution is -2.52. The molecule has 46 heavy (non-hydrogen) atoms. The molecule has 0 heterocycles. The maximum absolute atomic E-state index is 14.4. The lowest BCUT2D eigenvalue weighted by atomic mass is 10.1. The van der Waals surface area contributed by atoms with Crippen LogP contribution in [-0.2, 0) is 26.2 Å². The lowest BCUT2D eigenvalue weighted by molar-refractivity contribution is -0.139. The fourth-order valence-electron chi connectivity index (χ4n) is 4.49. The minimum Gasteiger partial charge on any atom is -0.497 e. The van der Waals surface area contributed by atoms with E-state index in [4.69, 9.17) is 42.1 Å². The zero-order chi connectivity index (χ0) is 34.2. The molecule has 250 valence electrons. The predicted molar refractivity (Wildman–Crippen MR) is 178 cm³/mol. The number of ether oxygens (including phenoxy) is 4. The number of sulfonamides is 1. The molecule has 3 aromatic carbocycles. The number of carbonyl (C=O) groups excluding carboxylic acids is 2. The van der Waals surface area contributed by atoms with Gasteiger partial charge in [0, 0.05) is 24.7 Å². The van der Waals surface area contributed by atoms with Crippen molar-refractivity contribution in [3.05, 3.63) is 70.2 Å². The van der Waals surface area contributed by atoms with Gasteiger partial charge in [-0.2, -0.15) is 0 Å². The van der Waals surface area contributed by atoms with E-state index in [1.165, 1.54) is 63.7 Å². The molecular weight excluding hydrogens is 657 g/mol. The summed E-state index contributed by atoms with van der Waals surface area (Å²) in [4.78, 5) is 28.7. The molecular formula is C32H39Cl2N3O8S. The maximum atomic E-state index is 14.4. The molecule has 0 saturated carbocycles. The number of nitrogens with zero attached hydrogens (tertiary/aromatic N) is 2. The standard InChI is InChI=1S/C32H39Cl2N3O8S/c1-8-20(2)35-32(39)21(3)36(18-22-9-12-25(33)26(34)15-22)31(38)19-37(27-16-23(42-4)10-13-28(27)43-5)46(40,41)24-11-14-29(44-6)30(17-24)45-7/h9-17,20-21H,8,18-19H2,1-7H3,(H,35,39). The van der Waals surface area contributed by atoms with Crippen LogP contribution in [0.15, 0.2) is 59.5 Å². The molecule has 0 aliphatic heterocycles. The van der Waals surface area contributed by atoms with Gasteiger partial charge in [0.25, 0.3) is 10.0 Å². The van der Waals surface area contributed by atoms with Crippen LogP contribution in [-0.4, -0.2) is 72.2 Å². The number of hydrogen-bond donors (Lipinski definition) is 1. The monoisotopic (exact) mass is 695 g/mol. The maximum Gasteiger partial charge on any atom is 0.265 e. The molecule has 0 spiro atoms. The molecule has 2 unspecified atom stereocenters. The third kappa shape index (κ3) is 8.48. The summed E-state index contributed by atoms with van der Waals surface area (Å²) in [6, 6.07) is 12.4. The molecule has 0 fully saturated rings. The normalized spacial score (nSPS) is 12.5. The fourth-order valence-corrected chi connectivity index (χ4v) is 6.25. The third-order valence-electron chi connectivity index (χ3n) is 7.38. The fraction of sp³-hybridized carbons (Fsp3) is 0.375. The molecule has 3 aromatic rings. The second-order valence-corrected chi connectivity index (χ2v) is 13.0. The van der Waals surface area contributed by atoms with Gasteiger partial charge in [-0.1, -0.05) is 36.2 Å². The summed E-state index contributed by atoms with van der Waals surface area (Å²) in [5, 5.41) is 3.48. The van der Waals surface area contributed by atoms with Gasteiger partial charge in [0.15, 0.2) is 11.5 Å². The first-order chi connectivity index (χ1) is 21.8. The van der Waals surface area contributed by atoms with Crippen molar-refractivity contribution in [3.8, 4) is 23.0 Å². The zero-order valence-corrected chi connectivity index (χ0v) is 29.1. The van der Waals surface area contributed by atoms with Crippen LogP contribution in [0.2, 0.25) is 10.0 Å². The summed E-state index contributed by atoms with van der Waals surface area (Å²) in [6.07, 6.45) is 0.673. The molecule has 0 radical (unpaired) electrons. The van der Waals surface area contributed by atoms with Crippen LogP contribution in [0.25, 0.3) is 0 Å². The quantitative estimate of drug-likeness (QED) is 0.219. The molecule has 0 aromatic heterocycles. The summed E-state index contributed by atoms with van der Waals surface area (Å²) >= 11 is 12.4. The minimum absolute atomic E-state index is 0.0381. The lowest BCUT2D eigenvalue weighted by Gasteiger charge is -2.33. The van der Waals surface area contributed by atoms with Gasteiger partial charge >= 0.3 is 0 Å². The highest BCUT2D eigenvalue weighted by atomic mass is 35.5. The Hall–Kier alpha value is -3.87. The summed E-state index contributed by atoms with van der Waals surface area (Å²) in [6.45, 7) is 4.58. The van der Waals surface area contributed by atoms with E-state index in [9.17, 15) is 18.0 Å². The van der Waals surface area contributed by atoms with Crippen LogP contribution < -0.4 is 28.6 Å². The molecule has 0 bridgehead atoms. The SMILES string of the molecule is CCC(C)NC(=O)C(C)N(Cc1ccc(Cl)c(Cl)c1)C(=O)CN(c1cc(OC)ccc1OC)S(=O)(=O)c1ccc(OC)c(OC)c1.